The van der Waals surface area contributed by atoms with Gasteiger partial charge < -0.3 is 4.74 Å². The summed E-state index contributed by atoms with van der Waals surface area (Å²) in [5, 5.41) is 0. The van der Waals surface area contributed by atoms with E-state index in [0.29, 0.717) is 13.2 Å². The van der Waals surface area contributed by atoms with Gasteiger partial charge in [0.25, 0.3) is 11.8 Å². The molecule has 7 heteroatoms. The second-order valence-corrected chi connectivity index (χ2v) is 5.52. The molecule has 0 aromatic carbocycles. The first-order chi connectivity index (χ1) is 10.7. The molecular weight excluding hydrogens is 291 g/mol. The van der Waals surface area contributed by atoms with E-state index in [9.17, 15) is 14.0 Å². The van der Waals surface area contributed by atoms with E-state index in [1.807, 2.05) is 0 Å². The number of ether oxygens (including phenoxy) is 1. The minimum atomic E-state index is -0.449. The van der Waals surface area contributed by atoms with Gasteiger partial charge in [-0.3, -0.25) is 19.3 Å². The zero-order valence-electron chi connectivity index (χ0n) is 12.6. The van der Waals surface area contributed by atoms with Crippen LogP contribution in [0.5, 0.6) is 0 Å². The molecule has 0 bridgehead atoms. The van der Waals surface area contributed by atoms with Crippen molar-refractivity contribution in [3.8, 4) is 0 Å². The van der Waals surface area contributed by atoms with E-state index < -0.39 is 6.67 Å². The Morgan fingerprint density at radius 3 is 2.59 bits per heavy atom. The maximum absolute atomic E-state index is 12.4. The minimum Gasteiger partial charge on any atom is -0.355 e. The number of carbonyl (C=O) groups excluding carboxylic acids is 2. The Balaban J connectivity index is 1.40. The van der Waals surface area contributed by atoms with Crippen LogP contribution in [0.1, 0.15) is 38.5 Å². The van der Waals surface area contributed by atoms with Crippen LogP contribution in [0.25, 0.3) is 0 Å². The number of rotatable bonds is 10. The van der Waals surface area contributed by atoms with Gasteiger partial charge in [-0.05, 0) is 25.7 Å². The van der Waals surface area contributed by atoms with Crippen LogP contribution in [0.15, 0.2) is 12.2 Å². The van der Waals surface area contributed by atoms with Crippen molar-refractivity contribution >= 4 is 11.8 Å². The number of nitrogens with zero attached hydrogens (tertiary/aromatic N) is 1. The molecule has 22 heavy (non-hydrogen) atoms. The maximum atomic E-state index is 12.4. The summed E-state index contributed by atoms with van der Waals surface area (Å²) in [5.74, 6) is -0.443. The average Bonchev–Trinajstić information content (AvgIpc) is 3.10. The third-order valence-corrected chi connectivity index (χ3v) is 3.77. The van der Waals surface area contributed by atoms with Gasteiger partial charge in [-0.2, -0.15) is 5.48 Å². The Labute approximate surface area is 129 Å². The molecule has 124 valence electrons. The molecule has 2 amide bonds. The standard InChI is InChI=1S/C15H23FN2O4/c16-11-12-5-6-13(22-12)17-21-10-4-2-1-3-9-18-14(19)7-8-15(18)20/h7-8,12-13,17H,1-6,9-11H2. The van der Waals surface area contributed by atoms with E-state index in [2.05, 4.69) is 5.48 Å². The lowest BCUT2D eigenvalue weighted by molar-refractivity contribution is -0.136. The lowest BCUT2D eigenvalue weighted by Gasteiger charge is -2.14. The number of alkyl halides is 1. The van der Waals surface area contributed by atoms with Crippen LogP contribution >= 0.6 is 0 Å². The van der Waals surface area contributed by atoms with E-state index in [0.717, 1.165) is 38.5 Å². The molecule has 2 aliphatic heterocycles. The van der Waals surface area contributed by atoms with Gasteiger partial charge in [-0.25, -0.2) is 4.39 Å². The SMILES string of the molecule is O=C1C=CC(=O)N1CCCCCCONC1CCC(CF)O1. The van der Waals surface area contributed by atoms with Gasteiger partial charge >= 0.3 is 0 Å². The van der Waals surface area contributed by atoms with Crippen LogP contribution in [0, 0.1) is 0 Å². The number of nitrogens with one attached hydrogen (secondary N) is 1. The Kier molecular flexibility index (Phi) is 6.95. The molecular formula is C15H23FN2O4. The first-order valence-electron chi connectivity index (χ1n) is 7.83. The lowest BCUT2D eigenvalue weighted by Crippen LogP contribution is -2.31. The lowest BCUT2D eigenvalue weighted by atomic mass is 10.2. The van der Waals surface area contributed by atoms with Gasteiger partial charge in [0, 0.05) is 18.7 Å². The third-order valence-electron chi connectivity index (χ3n) is 3.77. The zero-order valence-corrected chi connectivity index (χ0v) is 12.6. The van der Waals surface area contributed by atoms with Crippen LogP contribution in [-0.4, -0.2) is 48.9 Å². The van der Waals surface area contributed by atoms with Gasteiger partial charge in [0.2, 0.25) is 0 Å². The fourth-order valence-electron chi connectivity index (χ4n) is 2.51. The molecule has 2 heterocycles. The second-order valence-electron chi connectivity index (χ2n) is 5.52. The van der Waals surface area contributed by atoms with Gasteiger partial charge in [0.15, 0.2) is 0 Å². The maximum Gasteiger partial charge on any atom is 0.253 e. The molecule has 1 N–H and O–H groups in total. The molecule has 0 saturated carbocycles. The molecule has 6 nitrogen and oxygen atoms in total. The number of hydroxylamine groups is 1. The highest BCUT2D eigenvalue weighted by Crippen LogP contribution is 2.18. The predicted octanol–water partition coefficient (Wildman–Crippen LogP) is 1.47. The molecule has 2 unspecified atom stereocenters. The van der Waals surface area contributed by atoms with Crippen LogP contribution in [0.2, 0.25) is 0 Å². The molecule has 2 atom stereocenters. The molecule has 1 saturated heterocycles. The van der Waals surface area contributed by atoms with Crippen molar-refractivity contribution in [2.75, 3.05) is 19.8 Å². The summed E-state index contributed by atoms with van der Waals surface area (Å²) in [6.45, 7) is 0.587. The van der Waals surface area contributed by atoms with Crippen molar-refractivity contribution in [1.29, 1.82) is 0 Å². The summed E-state index contributed by atoms with van der Waals surface area (Å²) in [4.78, 5) is 29.2. The predicted molar refractivity (Wildman–Crippen MR) is 77.3 cm³/mol. The fraction of sp³-hybridized carbons (Fsp3) is 0.733. The van der Waals surface area contributed by atoms with Gasteiger partial charge in [0.1, 0.15) is 12.9 Å². The van der Waals surface area contributed by atoms with Crippen molar-refractivity contribution in [3.05, 3.63) is 12.2 Å². The quantitative estimate of drug-likeness (QED) is 0.376. The fourth-order valence-corrected chi connectivity index (χ4v) is 2.51. The second kappa shape index (κ2) is 8.97. The normalized spacial score (nSPS) is 24.7. The Bertz CT molecular complexity index is 398. The topological polar surface area (TPSA) is 67.9 Å². The van der Waals surface area contributed by atoms with Crippen molar-refractivity contribution in [2.24, 2.45) is 0 Å². The summed E-state index contributed by atoms with van der Waals surface area (Å²) in [6.07, 6.45) is 7.17. The molecule has 0 aliphatic carbocycles. The molecule has 0 radical (unpaired) electrons. The van der Waals surface area contributed by atoms with Crippen LogP contribution in [-0.2, 0) is 19.2 Å². The third kappa shape index (κ3) is 5.15. The highest BCUT2D eigenvalue weighted by molar-refractivity contribution is 6.12. The van der Waals surface area contributed by atoms with Crippen molar-refractivity contribution < 1.29 is 23.6 Å². The molecule has 2 aliphatic rings. The number of imide groups is 1. The van der Waals surface area contributed by atoms with E-state index in [4.69, 9.17) is 9.57 Å². The average molecular weight is 314 g/mol. The number of halogens is 1. The van der Waals surface area contributed by atoms with Gasteiger partial charge in [-0.1, -0.05) is 12.8 Å². The summed E-state index contributed by atoms with van der Waals surface area (Å²) in [5.41, 5.74) is 2.80. The number of amides is 2. The Hall–Kier alpha value is -1.31. The summed E-state index contributed by atoms with van der Waals surface area (Å²) >= 11 is 0. The molecule has 0 spiro atoms. The monoisotopic (exact) mass is 314 g/mol. The number of hydrogen-bond acceptors (Lipinski definition) is 5. The van der Waals surface area contributed by atoms with Crippen molar-refractivity contribution in [1.82, 2.24) is 10.4 Å². The van der Waals surface area contributed by atoms with E-state index in [1.165, 1.54) is 17.1 Å². The van der Waals surface area contributed by atoms with Crippen LogP contribution < -0.4 is 5.48 Å². The number of hydrogen-bond donors (Lipinski definition) is 1. The first-order valence-corrected chi connectivity index (χ1v) is 7.83. The summed E-state index contributed by atoms with van der Waals surface area (Å²) < 4.78 is 17.7. The summed E-state index contributed by atoms with van der Waals surface area (Å²) in [6, 6.07) is 0. The van der Waals surface area contributed by atoms with E-state index >= 15 is 0 Å². The zero-order chi connectivity index (χ0) is 15.8. The van der Waals surface area contributed by atoms with Crippen LogP contribution in [0.3, 0.4) is 0 Å². The molecule has 0 aromatic rings. The van der Waals surface area contributed by atoms with Crippen molar-refractivity contribution in [3.63, 3.8) is 0 Å². The first kappa shape index (κ1) is 17.1. The highest BCUT2D eigenvalue weighted by Gasteiger charge is 2.25. The largest absolute Gasteiger partial charge is 0.355 e. The Morgan fingerprint density at radius 1 is 1.18 bits per heavy atom. The molecule has 0 aromatic heterocycles. The molecule has 1 fully saturated rings. The smallest absolute Gasteiger partial charge is 0.253 e. The van der Waals surface area contributed by atoms with Crippen molar-refractivity contribution in [2.45, 2.75) is 50.9 Å². The molecule has 2 rings (SSSR count). The van der Waals surface area contributed by atoms with E-state index in [-0.39, 0.29) is 24.1 Å². The van der Waals surface area contributed by atoms with Gasteiger partial charge in [0.05, 0.1) is 12.7 Å². The van der Waals surface area contributed by atoms with Gasteiger partial charge in [-0.15, -0.1) is 0 Å². The van der Waals surface area contributed by atoms with E-state index in [1.54, 1.807) is 0 Å². The minimum absolute atomic E-state index is 0.208. The number of carbonyl (C=O) groups is 2. The number of unbranched alkanes of at least 4 members (excludes halogenated alkanes) is 3. The van der Waals surface area contributed by atoms with Crippen LogP contribution in [0.4, 0.5) is 4.39 Å². The Morgan fingerprint density at radius 2 is 1.91 bits per heavy atom. The highest BCUT2D eigenvalue weighted by atomic mass is 19.1. The summed E-state index contributed by atoms with van der Waals surface area (Å²) in [7, 11) is 0.